The van der Waals surface area contributed by atoms with Gasteiger partial charge in [0.15, 0.2) is 5.65 Å². The van der Waals surface area contributed by atoms with Gasteiger partial charge in [0, 0.05) is 0 Å². The summed E-state index contributed by atoms with van der Waals surface area (Å²) in [6, 6.07) is 8.45. The van der Waals surface area contributed by atoms with Crippen molar-refractivity contribution in [3.05, 3.63) is 57.3 Å². The summed E-state index contributed by atoms with van der Waals surface area (Å²) in [7, 11) is 0. The molecule has 0 aliphatic rings. The van der Waals surface area contributed by atoms with E-state index in [1.807, 2.05) is 0 Å². The molecule has 3 rings (SSSR count). The number of benzene rings is 1. The molecule has 0 aliphatic carbocycles. The zero-order valence-electron chi connectivity index (χ0n) is 16.9. The molecule has 6 nitrogen and oxygen atoms in total. The summed E-state index contributed by atoms with van der Waals surface area (Å²) in [6.07, 6.45) is 0. The normalized spacial score (nSPS) is 13.5. The maximum Gasteiger partial charge on any atom is 0.262 e. The maximum atomic E-state index is 12.4. The molecule has 6 heteroatoms. The van der Waals surface area contributed by atoms with Crippen LogP contribution in [0.3, 0.4) is 0 Å². The van der Waals surface area contributed by atoms with E-state index in [9.17, 15) is 9.90 Å². The predicted octanol–water partition coefficient (Wildman–Crippen LogP) is 3.46. The Morgan fingerprint density at radius 2 is 1.81 bits per heavy atom. The molecular weight excluding hydrogens is 340 g/mol. The van der Waals surface area contributed by atoms with Gasteiger partial charge in [-0.05, 0) is 29.4 Å². The van der Waals surface area contributed by atoms with Gasteiger partial charge in [0.1, 0.15) is 16.9 Å². The highest BCUT2D eigenvalue weighted by atomic mass is 16.3. The van der Waals surface area contributed by atoms with Gasteiger partial charge in [-0.2, -0.15) is 5.10 Å². The summed E-state index contributed by atoms with van der Waals surface area (Å²) in [5.41, 5.74) is 3.06. The van der Waals surface area contributed by atoms with Crippen molar-refractivity contribution in [2.75, 3.05) is 0 Å². The van der Waals surface area contributed by atoms with Gasteiger partial charge >= 0.3 is 0 Å². The summed E-state index contributed by atoms with van der Waals surface area (Å²) in [5.74, 6) is 0.755. The quantitative estimate of drug-likeness (QED) is 0.739. The fourth-order valence-corrected chi connectivity index (χ4v) is 3.52. The fraction of sp³-hybridized carbons (Fsp3) is 0.476. The van der Waals surface area contributed by atoms with Crippen LogP contribution < -0.4 is 5.56 Å². The van der Waals surface area contributed by atoms with Gasteiger partial charge in [-0.15, -0.1) is 0 Å². The average Bonchev–Trinajstić information content (AvgIpc) is 2.93. The average molecular weight is 368 g/mol. The summed E-state index contributed by atoms with van der Waals surface area (Å²) < 4.78 is 1.79. The van der Waals surface area contributed by atoms with Gasteiger partial charge in [-0.3, -0.25) is 4.79 Å². The van der Waals surface area contributed by atoms with E-state index < -0.39 is 0 Å². The van der Waals surface area contributed by atoms with Crippen LogP contribution in [0.1, 0.15) is 63.3 Å². The minimum absolute atomic E-state index is 0.0836. The monoisotopic (exact) mass is 368 g/mol. The van der Waals surface area contributed by atoms with Crippen LogP contribution in [0.2, 0.25) is 0 Å². The number of aryl methyl sites for hydroxylation is 1. The summed E-state index contributed by atoms with van der Waals surface area (Å²) in [6.45, 7) is 12.3. The third kappa shape index (κ3) is 3.54. The lowest BCUT2D eigenvalue weighted by Gasteiger charge is -2.24. The van der Waals surface area contributed by atoms with Crippen LogP contribution in [0.4, 0.5) is 0 Å². The molecule has 0 unspecified atom stereocenters. The number of nitrogens with one attached hydrogen (secondary N) is 1. The summed E-state index contributed by atoms with van der Waals surface area (Å²) in [5, 5.41) is 14.6. The largest absolute Gasteiger partial charge is 0.390 e. The third-order valence-corrected chi connectivity index (χ3v) is 4.92. The topological polar surface area (TPSA) is 83.8 Å². The van der Waals surface area contributed by atoms with Crippen molar-refractivity contribution in [3.63, 3.8) is 0 Å². The van der Waals surface area contributed by atoms with Crippen molar-refractivity contribution in [1.82, 2.24) is 19.7 Å². The molecule has 1 atom stereocenters. The van der Waals surface area contributed by atoms with E-state index in [-0.39, 0.29) is 29.5 Å². The Bertz CT molecular complexity index is 1010. The number of nitrogens with zero attached hydrogens (tertiary/aromatic N) is 3. The van der Waals surface area contributed by atoms with Crippen LogP contribution in [0.5, 0.6) is 0 Å². The SMILES string of the molecule is Cc1nc2c(c(CO)nn2[C@H](c2ccc(C(C)(C)C)cc2)C(C)C)c(=O)[nH]1. The van der Waals surface area contributed by atoms with E-state index >= 15 is 0 Å². The van der Waals surface area contributed by atoms with Crippen molar-refractivity contribution < 1.29 is 5.11 Å². The van der Waals surface area contributed by atoms with Crippen LogP contribution in [0, 0.1) is 12.8 Å². The van der Waals surface area contributed by atoms with Crippen LogP contribution in [-0.4, -0.2) is 24.9 Å². The first-order chi connectivity index (χ1) is 12.6. The lowest BCUT2D eigenvalue weighted by Crippen LogP contribution is -2.20. The molecule has 0 bridgehead atoms. The number of hydrogen-bond acceptors (Lipinski definition) is 4. The van der Waals surface area contributed by atoms with Crippen molar-refractivity contribution in [3.8, 4) is 0 Å². The minimum atomic E-state index is -0.300. The second-order valence-corrected chi connectivity index (χ2v) is 8.46. The molecule has 0 fully saturated rings. The maximum absolute atomic E-state index is 12.4. The molecule has 2 heterocycles. The molecule has 0 amide bonds. The highest BCUT2D eigenvalue weighted by molar-refractivity contribution is 5.77. The van der Waals surface area contributed by atoms with Gasteiger partial charge in [0.05, 0.1) is 12.6 Å². The first-order valence-corrected chi connectivity index (χ1v) is 9.32. The standard InChI is InChI=1S/C21H28N4O2/c1-12(2)18(14-7-9-15(10-8-14)21(4,5)6)25-19-17(16(11-26)24-25)20(27)23-13(3)22-19/h7-10,12,18,26H,11H2,1-6H3,(H,22,23,27)/t18-/m0/s1. The fourth-order valence-electron chi connectivity index (χ4n) is 3.52. The molecule has 0 spiro atoms. The number of H-pyrrole nitrogens is 1. The molecule has 0 radical (unpaired) electrons. The Balaban J connectivity index is 2.21. The number of aromatic amines is 1. The third-order valence-electron chi connectivity index (χ3n) is 4.92. The first kappa shape index (κ1) is 19.3. The number of aromatic nitrogens is 4. The van der Waals surface area contributed by atoms with Crippen LogP contribution in [-0.2, 0) is 12.0 Å². The number of aliphatic hydroxyl groups excluding tert-OH is 1. The summed E-state index contributed by atoms with van der Waals surface area (Å²) in [4.78, 5) is 19.6. The molecule has 0 aliphatic heterocycles. The highest BCUT2D eigenvalue weighted by Crippen LogP contribution is 2.31. The van der Waals surface area contributed by atoms with E-state index in [1.54, 1.807) is 11.6 Å². The molecule has 0 saturated heterocycles. The van der Waals surface area contributed by atoms with E-state index in [0.717, 1.165) is 5.56 Å². The van der Waals surface area contributed by atoms with Crippen molar-refractivity contribution >= 4 is 11.0 Å². The molecule has 1 aromatic carbocycles. The minimum Gasteiger partial charge on any atom is -0.390 e. The lowest BCUT2D eigenvalue weighted by molar-refractivity contribution is 0.274. The Labute approximate surface area is 159 Å². The predicted molar refractivity (Wildman–Crippen MR) is 107 cm³/mol. The lowest BCUT2D eigenvalue weighted by atomic mass is 9.85. The van der Waals surface area contributed by atoms with Gasteiger partial charge in [-0.1, -0.05) is 58.9 Å². The molecule has 144 valence electrons. The van der Waals surface area contributed by atoms with E-state index in [1.165, 1.54) is 5.56 Å². The van der Waals surface area contributed by atoms with Crippen LogP contribution >= 0.6 is 0 Å². The van der Waals surface area contributed by atoms with Crippen molar-refractivity contribution in [2.24, 2.45) is 5.92 Å². The van der Waals surface area contributed by atoms with E-state index in [4.69, 9.17) is 0 Å². The van der Waals surface area contributed by atoms with E-state index in [0.29, 0.717) is 22.6 Å². The number of hydrogen-bond donors (Lipinski definition) is 2. The zero-order chi connectivity index (χ0) is 19.9. The smallest absolute Gasteiger partial charge is 0.262 e. The van der Waals surface area contributed by atoms with Crippen molar-refractivity contribution in [1.29, 1.82) is 0 Å². The van der Waals surface area contributed by atoms with Gasteiger partial charge in [0.25, 0.3) is 5.56 Å². The Morgan fingerprint density at radius 1 is 1.19 bits per heavy atom. The second-order valence-electron chi connectivity index (χ2n) is 8.46. The van der Waals surface area contributed by atoms with Crippen LogP contribution in [0.15, 0.2) is 29.1 Å². The zero-order valence-corrected chi connectivity index (χ0v) is 16.9. The first-order valence-electron chi connectivity index (χ1n) is 9.32. The molecule has 3 aromatic rings. The number of rotatable bonds is 4. The number of fused-ring (bicyclic) bond motifs is 1. The second kappa shape index (κ2) is 6.93. The molecule has 0 saturated carbocycles. The Kier molecular flexibility index (Phi) is 4.95. The Hall–Kier alpha value is -2.47. The van der Waals surface area contributed by atoms with Gasteiger partial charge < -0.3 is 10.1 Å². The molecule has 27 heavy (non-hydrogen) atoms. The Morgan fingerprint density at radius 3 is 2.33 bits per heavy atom. The van der Waals surface area contributed by atoms with Crippen LogP contribution in [0.25, 0.3) is 11.0 Å². The molecule has 2 N–H and O–H groups in total. The van der Waals surface area contributed by atoms with Gasteiger partial charge in [-0.25, -0.2) is 9.67 Å². The highest BCUT2D eigenvalue weighted by Gasteiger charge is 2.25. The van der Waals surface area contributed by atoms with Gasteiger partial charge in [0.2, 0.25) is 0 Å². The number of aliphatic hydroxyl groups is 1. The molecule has 2 aromatic heterocycles. The van der Waals surface area contributed by atoms with E-state index in [2.05, 4.69) is 74.0 Å². The summed E-state index contributed by atoms with van der Waals surface area (Å²) >= 11 is 0. The van der Waals surface area contributed by atoms with Crippen molar-refractivity contribution in [2.45, 2.75) is 59.6 Å². The molecular formula is C21H28N4O2.